The highest BCUT2D eigenvalue weighted by molar-refractivity contribution is 9.10. The van der Waals surface area contributed by atoms with Crippen LogP contribution in [0.4, 0.5) is 11.5 Å². The molecule has 0 saturated carbocycles. The number of ether oxygens (including phenoxy) is 1. The number of halogens is 1. The first kappa shape index (κ1) is 12.3. The first-order valence-corrected chi connectivity index (χ1v) is 6.10. The quantitative estimate of drug-likeness (QED) is 0.617. The Morgan fingerprint density at radius 2 is 2.29 bits per heavy atom. The Balaban J connectivity index is 2.34. The Hall–Kier alpha value is -1.21. The van der Waals surface area contributed by atoms with Crippen LogP contribution in [0.2, 0.25) is 0 Å². The highest BCUT2D eigenvalue weighted by atomic mass is 79.9. The van der Waals surface area contributed by atoms with Crippen molar-refractivity contribution >= 4 is 27.4 Å². The van der Waals surface area contributed by atoms with Gasteiger partial charge in [-0.05, 0) is 38.3 Å². The van der Waals surface area contributed by atoms with Gasteiger partial charge in [0, 0.05) is 19.7 Å². The van der Waals surface area contributed by atoms with E-state index in [0.717, 1.165) is 17.4 Å². The van der Waals surface area contributed by atoms with E-state index >= 15 is 0 Å². The number of aromatic nitrogens is 1. The smallest absolute Gasteiger partial charge is 0.380 e. The van der Waals surface area contributed by atoms with Crippen LogP contribution in [0.5, 0.6) is 0 Å². The largest absolute Gasteiger partial charge is 0.387 e. The van der Waals surface area contributed by atoms with Crippen LogP contribution in [0, 0.1) is 10.1 Å². The van der Waals surface area contributed by atoms with E-state index in [-0.39, 0.29) is 5.82 Å². The summed E-state index contributed by atoms with van der Waals surface area (Å²) >= 11 is 3.29. The molecule has 2 heterocycles. The number of hydrogen-bond donors (Lipinski definition) is 0. The lowest BCUT2D eigenvalue weighted by molar-refractivity contribution is -0.388. The standard InChI is InChI=1S/C10H12BrN3O3/c11-8-6-9(10(12-7-8)14(15)16)13-2-1-4-17-5-3-13/h6-7H,1-5H2. The van der Waals surface area contributed by atoms with Crippen molar-refractivity contribution in [3.05, 3.63) is 26.9 Å². The van der Waals surface area contributed by atoms with Crippen LogP contribution in [0.3, 0.4) is 0 Å². The van der Waals surface area contributed by atoms with Crippen molar-refractivity contribution < 1.29 is 9.66 Å². The molecule has 1 aromatic heterocycles. The molecular formula is C10H12BrN3O3. The molecule has 1 aliphatic heterocycles. The Kier molecular flexibility index (Phi) is 3.90. The zero-order chi connectivity index (χ0) is 12.3. The second-order valence-corrected chi connectivity index (χ2v) is 4.62. The molecule has 1 saturated heterocycles. The molecule has 0 radical (unpaired) electrons. The Morgan fingerprint density at radius 1 is 1.47 bits per heavy atom. The van der Waals surface area contributed by atoms with E-state index in [1.165, 1.54) is 6.20 Å². The van der Waals surface area contributed by atoms with E-state index in [9.17, 15) is 10.1 Å². The van der Waals surface area contributed by atoms with E-state index in [2.05, 4.69) is 20.9 Å². The summed E-state index contributed by atoms with van der Waals surface area (Å²) in [5, 5.41) is 10.9. The number of pyridine rings is 1. The first-order chi connectivity index (χ1) is 8.18. The Labute approximate surface area is 107 Å². The molecule has 0 N–H and O–H groups in total. The van der Waals surface area contributed by atoms with Gasteiger partial charge in [0.2, 0.25) is 0 Å². The van der Waals surface area contributed by atoms with Crippen molar-refractivity contribution in [3.8, 4) is 0 Å². The summed E-state index contributed by atoms with van der Waals surface area (Å²) in [7, 11) is 0. The minimum absolute atomic E-state index is 0.102. The van der Waals surface area contributed by atoms with E-state index in [1.807, 2.05) is 4.90 Å². The highest BCUT2D eigenvalue weighted by Crippen LogP contribution is 2.29. The Bertz CT molecular complexity index is 419. The van der Waals surface area contributed by atoms with Gasteiger partial charge in [0.05, 0.1) is 11.1 Å². The minimum Gasteiger partial charge on any atom is -0.380 e. The van der Waals surface area contributed by atoms with Crippen LogP contribution in [-0.4, -0.2) is 36.2 Å². The second kappa shape index (κ2) is 5.42. The number of nitrogens with zero attached hydrogens (tertiary/aromatic N) is 3. The molecule has 0 bridgehead atoms. The zero-order valence-electron chi connectivity index (χ0n) is 9.13. The molecule has 1 aliphatic rings. The van der Waals surface area contributed by atoms with Crippen LogP contribution in [-0.2, 0) is 4.74 Å². The van der Waals surface area contributed by atoms with Crippen molar-refractivity contribution in [2.75, 3.05) is 31.2 Å². The lowest BCUT2D eigenvalue weighted by Crippen LogP contribution is -2.26. The van der Waals surface area contributed by atoms with Crippen molar-refractivity contribution in [2.24, 2.45) is 0 Å². The fourth-order valence-corrected chi connectivity index (χ4v) is 2.10. The van der Waals surface area contributed by atoms with E-state index in [1.54, 1.807) is 6.07 Å². The summed E-state index contributed by atoms with van der Waals surface area (Å²) in [6, 6.07) is 1.73. The second-order valence-electron chi connectivity index (χ2n) is 3.71. The Morgan fingerprint density at radius 3 is 3.06 bits per heavy atom. The van der Waals surface area contributed by atoms with Gasteiger partial charge >= 0.3 is 5.82 Å². The van der Waals surface area contributed by atoms with Gasteiger partial charge in [0.15, 0.2) is 6.20 Å². The summed E-state index contributed by atoms with van der Waals surface area (Å²) < 4.78 is 6.07. The van der Waals surface area contributed by atoms with E-state index in [4.69, 9.17) is 4.74 Å². The summed E-state index contributed by atoms with van der Waals surface area (Å²) in [4.78, 5) is 16.3. The average Bonchev–Trinajstić information content (AvgIpc) is 2.56. The maximum Gasteiger partial charge on any atom is 0.387 e. The average molecular weight is 302 g/mol. The third-order valence-corrected chi connectivity index (χ3v) is 2.98. The maximum atomic E-state index is 10.9. The van der Waals surface area contributed by atoms with Crippen molar-refractivity contribution in [1.29, 1.82) is 0 Å². The zero-order valence-corrected chi connectivity index (χ0v) is 10.7. The van der Waals surface area contributed by atoms with Crippen LogP contribution >= 0.6 is 15.9 Å². The van der Waals surface area contributed by atoms with E-state index in [0.29, 0.717) is 25.4 Å². The molecule has 1 fully saturated rings. The molecule has 0 aliphatic carbocycles. The predicted octanol–water partition coefficient (Wildman–Crippen LogP) is 1.98. The molecule has 1 aromatic rings. The third-order valence-electron chi connectivity index (χ3n) is 2.55. The summed E-state index contributed by atoms with van der Waals surface area (Å²) in [6.45, 7) is 2.69. The molecule has 2 rings (SSSR count). The normalized spacial score (nSPS) is 16.6. The first-order valence-electron chi connectivity index (χ1n) is 5.31. The van der Waals surface area contributed by atoms with Gasteiger partial charge in [-0.2, -0.15) is 0 Å². The lowest BCUT2D eigenvalue weighted by Gasteiger charge is -2.21. The summed E-state index contributed by atoms with van der Waals surface area (Å²) in [5.74, 6) is -0.102. The van der Waals surface area contributed by atoms with Gasteiger partial charge < -0.3 is 19.8 Å². The molecule has 0 amide bonds. The van der Waals surface area contributed by atoms with Crippen LogP contribution < -0.4 is 4.90 Å². The lowest BCUT2D eigenvalue weighted by atomic mass is 10.3. The van der Waals surface area contributed by atoms with Gasteiger partial charge in [-0.3, -0.25) is 0 Å². The molecule has 7 heteroatoms. The van der Waals surface area contributed by atoms with Gasteiger partial charge in [0.1, 0.15) is 5.69 Å². The minimum atomic E-state index is -0.451. The van der Waals surface area contributed by atoms with Gasteiger partial charge in [-0.1, -0.05) is 0 Å². The molecule has 17 heavy (non-hydrogen) atoms. The monoisotopic (exact) mass is 301 g/mol. The molecule has 0 unspecified atom stereocenters. The van der Waals surface area contributed by atoms with Crippen LogP contribution in [0.1, 0.15) is 6.42 Å². The predicted molar refractivity (Wildman–Crippen MR) is 66.2 cm³/mol. The van der Waals surface area contributed by atoms with Crippen LogP contribution in [0.25, 0.3) is 0 Å². The summed E-state index contributed by atoms with van der Waals surface area (Å²) in [5.41, 5.74) is 0.551. The third kappa shape index (κ3) is 2.92. The fourth-order valence-electron chi connectivity index (χ4n) is 1.78. The number of anilines is 1. The van der Waals surface area contributed by atoms with Gasteiger partial charge in [-0.25, -0.2) is 0 Å². The summed E-state index contributed by atoms with van der Waals surface area (Å²) in [6.07, 6.45) is 2.31. The number of nitro groups is 1. The van der Waals surface area contributed by atoms with Crippen molar-refractivity contribution in [3.63, 3.8) is 0 Å². The number of rotatable bonds is 2. The molecule has 6 nitrogen and oxygen atoms in total. The molecule has 0 aromatic carbocycles. The van der Waals surface area contributed by atoms with Crippen molar-refractivity contribution in [1.82, 2.24) is 4.98 Å². The molecule has 0 spiro atoms. The highest BCUT2D eigenvalue weighted by Gasteiger charge is 2.22. The molecular weight excluding hydrogens is 290 g/mol. The SMILES string of the molecule is O=[N+]([O-])c1ncc(Br)cc1N1CCCOCC1. The molecule has 0 atom stereocenters. The maximum absolute atomic E-state index is 10.9. The van der Waals surface area contributed by atoms with Crippen LogP contribution in [0.15, 0.2) is 16.7 Å². The van der Waals surface area contributed by atoms with Gasteiger partial charge in [-0.15, -0.1) is 0 Å². The fraction of sp³-hybridized carbons (Fsp3) is 0.500. The van der Waals surface area contributed by atoms with Crippen molar-refractivity contribution in [2.45, 2.75) is 6.42 Å². The van der Waals surface area contributed by atoms with Gasteiger partial charge in [0.25, 0.3) is 0 Å². The topological polar surface area (TPSA) is 68.5 Å². The molecule has 92 valence electrons. The number of hydrogen-bond acceptors (Lipinski definition) is 5. The van der Waals surface area contributed by atoms with E-state index < -0.39 is 4.92 Å².